The summed E-state index contributed by atoms with van der Waals surface area (Å²) in [6.07, 6.45) is 8.78. The summed E-state index contributed by atoms with van der Waals surface area (Å²) in [5, 5.41) is 25.7. The molecule has 0 radical (unpaired) electrons. The van der Waals surface area contributed by atoms with Crippen LogP contribution in [0.5, 0.6) is 0 Å². The van der Waals surface area contributed by atoms with Crippen LogP contribution in [0, 0.1) is 26.1 Å². The minimum Gasteiger partial charge on any atom is -0.272 e. The second kappa shape index (κ2) is 7.48. The highest BCUT2D eigenvalue weighted by molar-refractivity contribution is 5.68. The topological polar surface area (TPSA) is 111 Å². The Morgan fingerprint density at radius 3 is 2.36 bits per heavy atom. The monoisotopic (exact) mass is 306 g/mol. The number of nitro benzene ring substituents is 2. The first-order chi connectivity index (χ1) is 10.6. The number of benzene rings is 1. The summed E-state index contributed by atoms with van der Waals surface area (Å²) in [6, 6.07) is 3.46. The molecule has 0 aliphatic heterocycles. The zero-order valence-corrected chi connectivity index (χ0v) is 12.1. The fraction of sp³-hybridized carbons (Fsp3) is 0.500. The molecule has 1 aromatic rings. The number of non-ortho nitro benzene ring substituents is 1. The van der Waals surface area contributed by atoms with Gasteiger partial charge in [0.05, 0.1) is 15.9 Å². The molecule has 2 rings (SSSR count). The molecular formula is C14H18N4O4. The van der Waals surface area contributed by atoms with Crippen LogP contribution >= 0.6 is 0 Å². The summed E-state index contributed by atoms with van der Waals surface area (Å²) in [5.74, 6) is 0.382. The zero-order chi connectivity index (χ0) is 15.9. The molecule has 0 bridgehead atoms. The van der Waals surface area contributed by atoms with Gasteiger partial charge in [-0.1, -0.05) is 25.7 Å². The lowest BCUT2D eigenvalue weighted by Gasteiger charge is -2.07. The molecule has 0 heterocycles. The quantitative estimate of drug-likeness (QED) is 0.384. The molecule has 1 saturated carbocycles. The Morgan fingerprint density at radius 1 is 1.09 bits per heavy atom. The van der Waals surface area contributed by atoms with Crippen LogP contribution in [0.25, 0.3) is 0 Å². The maximum Gasteiger partial charge on any atom is 0.301 e. The normalized spacial score (nSPS) is 16.4. The van der Waals surface area contributed by atoms with Gasteiger partial charge in [-0.05, 0) is 24.8 Å². The van der Waals surface area contributed by atoms with Crippen molar-refractivity contribution in [1.29, 1.82) is 0 Å². The van der Waals surface area contributed by atoms with Crippen LogP contribution in [0.1, 0.15) is 38.5 Å². The SMILES string of the molecule is O=[N+]([O-])c1ccc(N/N=C\C2CCCCCC2)c([N+](=O)[O-])c1. The lowest BCUT2D eigenvalue weighted by molar-refractivity contribution is -0.393. The fourth-order valence-corrected chi connectivity index (χ4v) is 2.55. The van der Waals surface area contributed by atoms with E-state index in [0.717, 1.165) is 18.9 Å². The molecule has 1 N–H and O–H groups in total. The highest BCUT2D eigenvalue weighted by Crippen LogP contribution is 2.29. The third-order valence-corrected chi connectivity index (χ3v) is 3.76. The van der Waals surface area contributed by atoms with Crippen LogP contribution in [0.15, 0.2) is 23.3 Å². The smallest absolute Gasteiger partial charge is 0.272 e. The molecule has 0 atom stereocenters. The average Bonchev–Trinajstić information content (AvgIpc) is 2.76. The maximum absolute atomic E-state index is 11.0. The van der Waals surface area contributed by atoms with Crippen molar-refractivity contribution in [2.45, 2.75) is 38.5 Å². The minimum absolute atomic E-state index is 0.153. The Labute approximate surface area is 127 Å². The van der Waals surface area contributed by atoms with Gasteiger partial charge in [-0.25, -0.2) is 0 Å². The summed E-state index contributed by atoms with van der Waals surface area (Å²) < 4.78 is 0. The van der Waals surface area contributed by atoms with Crippen molar-refractivity contribution in [3.05, 3.63) is 38.4 Å². The molecule has 1 fully saturated rings. The van der Waals surface area contributed by atoms with E-state index in [2.05, 4.69) is 10.5 Å². The third-order valence-electron chi connectivity index (χ3n) is 3.76. The van der Waals surface area contributed by atoms with Crippen molar-refractivity contribution in [2.75, 3.05) is 5.43 Å². The second-order valence-electron chi connectivity index (χ2n) is 5.36. The average molecular weight is 306 g/mol. The van der Waals surface area contributed by atoms with Gasteiger partial charge in [0.2, 0.25) is 0 Å². The fourth-order valence-electron chi connectivity index (χ4n) is 2.55. The zero-order valence-electron chi connectivity index (χ0n) is 12.1. The Balaban J connectivity index is 2.08. The van der Waals surface area contributed by atoms with Crippen LogP contribution in [0.3, 0.4) is 0 Å². The molecule has 8 nitrogen and oxygen atoms in total. The van der Waals surface area contributed by atoms with E-state index in [9.17, 15) is 20.2 Å². The Morgan fingerprint density at radius 2 is 1.77 bits per heavy atom. The molecule has 118 valence electrons. The van der Waals surface area contributed by atoms with E-state index in [1.807, 2.05) is 0 Å². The van der Waals surface area contributed by atoms with Gasteiger partial charge in [0.1, 0.15) is 5.69 Å². The molecule has 0 amide bonds. The number of hydrazone groups is 1. The third kappa shape index (κ3) is 4.24. The second-order valence-corrected chi connectivity index (χ2v) is 5.36. The Hall–Kier alpha value is -2.51. The van der Waals surface area contributed by atoms with Crippen molar-refractivity contribution < 1.29 is 9.85 Å². The van der Waals surface area contributed by atoms with E-state index in [1.54, 1.807) is 6.21 Å². The number of hydrogen-bond acceptors (Lipinski definition) is 6. The van der Waals surface area contributed by atoms with Crippen molar-refractivity contribution in [1.82, 2.24) is 0 Å². The summed E-state index contributed by atoms with van der Waals surface area (Å²) in [7, 11) is 0. The van der Waals surface area contributed by atoms with Gasteiger partial charge in [-0.3, -0.25) is 25.7 Å². The largest absolute Gasteiger partial charge is 0.301 e. The molecule has 1 aromatic carbocycles. The highest BCUT2D eigenvalue weighted by Gasteiger charge is 2.19. The Kier molecular flexibility index (Phi) is 5.40. The van der Waals surface area contributed by atoms with Crippen LogP contribution in [-0.2, 0) is 0 Å². The van der Waals surface area contributed by atoms with Crippen LogP contribution < -0.4 is 5.43 Å². The standard InChI is InChI=1S/C14H18N4O4/c19-17(20)12-7-8-13(14(9-12)18(21)22)16-15-10-11-5-3-1-2-4-6-11/h7-11,16H,1-6H2/b15-10-. The van der Waals surface area contributed by atoms with E-state index < -0.39 is 9.85 Å². The molecule has 1 aliphatic carbocycles. The number of nitrogens with one attached hydrogen (secondary N) is 1. The van der Waals surface area contributed by atoms with Crippen LogP contribution in [0.4, 0.5) is 17.1 Å². The van der Waals surface area contributed by atoms with Crippen molar-refractivity contribution in [2.24, 2.45) is 11.0 Å². The summed E-state index contributed by atoms with van der Waals surface area (Å²) in [5.41, 5.74) is 2.12. The summed E-state index contributed by atoms with van der Waals surface area (Å²) in [4.78, 5) is 20.4. The van der Waals surface area contributed by atoms with Gasteiger partial charge >= 0.3 is 5.69 Å². The minimum atomic E-state index is -0.661. The number of nitro groups is 2. The van der Waals surface area contributed by atoms with E-state index in [0.29, 0.717) is 5.92 Å². The van der Waals surface area contributed by atoms with E-state index in [1.165, 1.54) is 37.8 Å². The summed E-state index contributed by atoms with van der Waals surface area (Å²) in [6.45, 7) is 0. The highest BCUT2D eigenvalue weighted by atomic mass is 16.6. The summed E-state index contributed by atoms with van der Waals surface area (Å²) >= 11 is 0. The van der Waals surface area contributed by atoms with Gasteiger partial charge in [-0.15, -0.1) is 0 Å². The lowest BCUT2D eigenvalue weighted by atomic mass is 10.0. The Bertz CT molecular complexity index is 580. The van der Waals surface area contributed by atoms with Gasteiger partial charge in [0.25, 0.3) is 5.69 Å². The molecule has 8 heteroatoms. The van der Waals surface area contributed by atoms with E-state index in [4.69, 9.17) is 0 Å². The molecular weight excluding hydrogens is 288 g/mol. The first kappa shape index (κ1) is 15.9. The molecule has 0 saturated heterocycles. The van der Waals surface area contributed by atoms with Crippen molar-refractivity contribution in [3.8, 4) is 0 Å². The van der Waals surface area contributed by atoms with Crippen molar-refractivity contribution in [3.63, 3.8) is 0 Å². The van der Waals surface area contributed by atoms with Gasteiger partial charge in [-0.2, -0.15) is 5.10 Å². The molecule has 22 heavy (non-hydrogen) atoms. The maximum atomic E-state index is 11.0. The molecule has 1 aliphatic rings. The van der Waals surface area contributed by atoms with Gasteiger partial charge in [0.15, 0.2) is 0 Å². The van der Waals surface area contributed by atoms with Crippen LogP contribution in [-0.4, -0.2) is 16.1 Å². The van der Waals surface area contributed by atoms with Gasteiger partial charge < -0.3 is 0 Å². The first-order valence-electron chi connectivity index (χ1n) is 7.30. The lowest BCUT2D eigenvalue weighted by Crippen LogP contribution is -2.03. The number of anilines is 1. The van der Waals surface area contributed by atoms with Crippen LogP contribution in [0.2, 0.25) is 0 Å². The number of hydrogen-bond donors (Lipinski definition) is 1. The van der Waals surface area contributed by atoms with E-state index >= 15 is 0 Å². The van der Waals surface area contributed by atoms with Crippen molar-refractivity contribution >= 4 is 23.3 Å². The molecule has 0 unspecified atom stereocenters. The van der Waals surface area contributed by atoms with Gasteiger partial charge in [0, 0.05) is 12.3 Å². The number of nitrogens with zero attached hydrogens (tertiary/aromatic N) is 3. The predicted octanol–water partition coefficient (Wildman–Crippen LogP) is 3.87. The number of rotatable bonds is 5. The molecule has 0 aromatic heterocycles. The first-order valence-corrected chi connectivity index (χ1v) is 7.30. The molecule has 0 spiro atoms. The van der Waals surface area contributed by atoms with E-state index in [-0.39, 0.29) is 17.1 Å². The predicted molar refractivity (Wildman–Crippen MR) is 83.1 cm³/mol.